The summed E-state index contributed by atoms with van der Waals surface area (Å²) in [5, 5.41) is 0. The van der Waals surface area contributed by atoms with Crippen molar-refractivity contribution in [2.24, 2.45) is 5.92 Å². The van der Waals surface area contributed by atoms with Crippen LogP contribution in [0.2, 0.25) is 0 Å². The van der Waals surface area contributed by atoms with Crippen molar-refractivity contribution in [3.05, 3.63) is 0 Å². The molecular weight excluding hydrogens is 637 g/mol. The fourth-order valence-electron chi connectivity index (χ4n) is 5.89. The Kier molecular flexibility index (Phi) is 33.0. The average molecular weight is 721 g/mol. The van der Waals surface area contributed by atoms with E-state index in [1.807, 2.05) is 28.1 Å². The van der Waals surface area contributed by atoms with Crippen LogP contribution in [0.15, 0.2) is 0 Å². The van der Waals surface area contributed by atoms with Crippen LogP contribution in [0.5, 0.6) is 0 Å². The minimum atomic E-state index is -4.27. The second-order valence-corrected chi connectivity index (χ2v) is 17.0. The molecule has 0 aromatic rings. The molecule has 9 heteroatoms. The molecule has 3 atom stereocenters. The van der Waals surface area contributed by atoms with Crippen molar-refractivity contribution in [2.75, 3.05) is 54.1 Å². The third-order valence-electron chi connectivity index (χ3n) is 9.31. The molecule has 49 heavy (non-hydrogen) atoms. The van der Waals surface area contributed by atoms with Crippen LogP contribution in [-0.4, -0.2) is 75.6 Å². The lowest BCUT2D eigenvalue weighted by Crippen LogP contribution is -2.37. The molecule has 0 aromatic heterocycles. The summed E-state index contributed by atoms with van der Waals surface area (Å²) in [6, 6.07) is 0. The van der Waals surface area contributed by atoms with Gasteiger partial charge < -0.3 is 18.9 Å². The molecule has 8 nitrogen and oxygen atoms in total. The van der Waals surface area contributed by atoms with Crippen LogP contribution in [0.25, 0.3) is 0 Å². The lowest BCUT2D eigenvalue weighted by molar-refractivity contribution is -0.870. The third-order valence-corrected chi connectivity index (χ3v) is 10.3. The van der Waals surface area contributed by atoms with Gasteiger partial charge in [-0.1, -0.05) is 175 Å². The molecule has 0 saturated heterocycles. The first-order valence-electron chi connectivity index (χ1n) is 20.7. The van der Waals surface area contributed by atoms with Gasteiger partial charge in [-0.2, -0.15) is 0 Å². The van der Waals surface area contributed by atoms with E-state index in [-0.39, 0.29) is 31.7 Å². The van der Waals surface area contributed by atoms with Crippen LogP contribution in [0.3, 0.4) is 0 Å². The minimum Gasteiger partial charge on any atom is -0.457 e. The maximum atomic E-state index is 12.9. The zero-order valence-electron chi connectivity index (χ0n) is 33.4. The maximum absolute atomic E-state index is 12.9. The fraction of sp³-hybridized carbons (Fsp3) is 0.975. The highest BCUT2D eigenvalue weighted by atomic mass is 31.2. The van der Waals surface area contributed by atoms with Gasteiger partial charge in [-0.15, -0.1) is 0 Å². The number of esters is 1. The van der Waals surface area contributed by atoms with Gasteiger partial charge in [0.25, 0.3) is 0 Å². The molecule has 1 N–H and O–H groups in total. The molecule has 0 saturated carbocycles. The summed E-state index contributed by atoms with van der Waals surface area (Å²) in [5.74, 6) is -0.548. The van der Waals surface area contributed by atoms with Crippen LogP contribution in [0.4, 0.5) is 0 Å². The highest BCUT2D eigenvalue weighted by Crippen LogP contribution is 2.43. The van der Waals surface area contributed by atoms with Gasteiger partial charge in [-0.25, -0.2) is 4.57 Å². The Bertz CT molecular complexity index is 776. The Balaban J connectivity index is 4.37. The van der Waals surface area contributed by atoms with E-state index in [2.05, 4.69) is 13.8 Å². The van der Waals surface area contributed by atoms with Crippen molar-refractivity contribution >= 4 is 13.8 Å². The Morgan fingerprint density at radius 3 is 1.43 bits per heavy atom. The summed E-state index contributed by atoms with van der Waals surface area (Å²) in [6.07, 6.45) is 32.2. The van der Waals surface area contributed by atoms with Gasteiger partial charge in [0.15, 0.2) is 0 Å². The monoisotopic (exact) mass is 721 g/mol. The number of carbonyl (C=O) groups excluding carboxylic acids is 1. The number of hydrogen-bond acceptors (Lipinski definition) is 6. The zero-order valence-corrected chi connectivity index (χ0v) is 34.3. The number of phosphoric ester groups is 1. The number of ether oxygens (including phenoxy) is 2. The standard InChI is InChI=1S/C40H82NO7P/c1-7-9-11-13-15-17-19-20-21-23-25-27-29-31-34-45-36-39(37-47-49(43,44)46-35-33-41(4,5)6)48-40(42)38(3)32-30-28-26-24-22-18-16-14-12-10-8-2/h38-39H,7-37H2,1-6H3/p+1/t38-,39+/m0/s1. The number of carbonyl (C=O) groups is 1. The molecule has 0 fully saturated rings. The number of hydrogen-bond donors (Lipinski definition) is 1. The molecule has 294 valence electrons. The Morgan fingerprint density at radius 1 is 0.592 bits per heavy atom. The molecule has 0 spiro atoms. The van der Waals surface area contributed by atoms with E-state index in [9.17, 15) is 14.3 Å². The molecule has 0 amide bonds. The molecule has 0 rings (SSSR count). The molecule has 0 heterocycles. The number of rotatable bonds is 38. The molecule has 0 aliphatic rings. The lowest BCUT2D eigenvalue weighted by Gasteiger charge is -2.24. The van der Waals surface area contributed by atoms with Crippen molar-refractivity contribution < 1.29 is 37.3 Å². The summed E-state index contributed by atoms with van der Waals surface area (Å²) < 4.78 is 35.2. The van der Waals surface area contributed by atoms with Crippen LogP contribution in [0, 0.1) is 5.92 Å². The van der Waals surface area contributed by atoms with Crippen molar-refractivity contribution in [2.45, 2.75) is 194 Å². The van der Waals surface area contributed by atoms with E-state index < -0.39 is 13.9 Å². The van der Waals surface area contributed by atoms with Gasteiger partial charge in [0, 0.05) is 6.61 Å². The Hall–Kier alpha value is -0.500. The summed E-state index contributed by atoms with van der Waals surface area (Å²) in [7, 11) is 1.67. The number of likely N-dealkylation sites (N-methyl/N-ethyl adjacent to an activating group) is 1. The van der Waals surface area contributed by atoms with E-state index >= 15 is 0 Å². The average Bonchev–Trinajstić information content (AvgIpc) is 3.04. The van der Waals surface area contributed by atoms with Crippen molar-refractivity contribution in [1.82, 2.24) is 0 Å². The molecule has 0 aliphatic carbocycles. The first-order chi connectivity index (χ1) is 23.5. The van der Waals surface area contributed by atoms with E-state index in [1.54, 1.807) is 0 Å². The van der Waals surface area contributed by atoms with Crippen molar-refractivity contribution in [3.63, 3.8) is 0 Å². The zero-order chi connectivity index (χ0) is 36.5. The van der Waals surface area contributed by atoms with E-state index in [4.69, 9.17) is 18.5 Å². The fourth-order valence-corrected chi connectivity index (χ4v) is 6.63. The van der Waals surface area contributed by atoms with Crippen LogP contribution >= 0.6 is 7.82 Å². The molecule has 1 unspecified atom stereocenters. The summed E-state index contributed by atoms with van der Waals surface area (Å²) in [6.45, 7) is 7.53. The minimum absolute atomic E-state index is 0.0906. The number of phosphoric acid groups is 1. The van der Waals surface area contributed by atoms with E-state index in [0.717, 1.165) is 32.1 Å². The third kappa shape index (κ3) is 35.7. The predicted molar refractivity (Wildman–Crippen MR) is 206 cm³/mol. The van der Waals surface area contributed by atoms with Gasteiger partial charge in [0.2, 0.25) is 0 Å². The highest BCUT2D eigenvalue weighted by Gasteiger charge is 2.27. The van der Waals surface area contributed by atoms with Gasteiger partial charge in [0.05, 0.1) is 40.3 Å². The van der Waals surface area contributed by atoms with Gasteiger partial charge in [0.1, 0.15) is 19.3 Å². The summed E-state index contributed by atoms with van der Waals surface area (Å²) >= 11 is 0. The van der Waals surface area contributed by atoms with Crippen LogP contribution in [-0.2, 0) is 27.9 Å². The smallest absolute Gasteiger partial charge is 0.457 e. The maximum Gasteiger partial charge on any atom is 0.472 e. The molecular formula is C40H83NO7P+. The Labute approximate surface area is 304 Å². The van der Waals surface area contributed by atoms with Gasteiger partial charge in [-0.3, -0.25) is 13.8 Å². The predicted octanol–water partition coefficient (Wildman–Crippen LogP) is 11.6. The molecule has 0 radical (unpaired) electrons. The topological polar surface area (TPSA) is 91.3 Å². The molecule has 0 aromatic carbocycles. The van der Waals surface area contributed by atoms with Crippen molar-refractivity contribution in [3.8, 4) is 0 Å². The van der Waals surface area contributed by atoms with E-state index in [0.29, 0.717) is 17.6 Å². The summed E-state index contributed by atoms with van der Waals surface area (Å²) in [5.41, 5.74) is 0. The van der Waals surface area contributed by atoms with Crippen LogP contribution in [0.1, 0.15) is 188 Å². The largest absolute Gasteiger partial charge is 0.472 e. The normalized spacial score (nSPS) is 14.5. The van der Waals surface area contributed by atoms with Gasteiger partial charge >= 0.3 is 13.8 Å². The summed E-state index contributed by atoms with van der Waals surface area (Å²) in [4.78, 5) is 23.2. The van der Waals surface area contributed by atoms with E-state index in [1.165, 1.54) is 135 Å². The van der Waals surface area contributed by atoms with Gasteiger partial charge in [-0.05, 0) is 12.8 Å². The molecule has 0 aliphatic heterocycles. The van der Waals surface area contributed by atoms with Crippen LogP contribution < -0.4 is 0 Å². The number of unbranched alkanes of at least 4 members (excludes halogenated alkanes) is 23. The Morgan fingerprint density at radius 2 is 1.00 bits per heavy atom. The first-order valence-corrected chi connectivity index (χ1v) is 22.2. The molecule has 0 bridgehead atoms. The highest BCUT2D eigenvalue weighted by molar-refractivity contribution is 7.47. The second-order valence-electron chi connectivity index (χ2n) is 15.6. The SMILES string of the molecule is CCCCCCCCCCCCCCCCOC[C@H](COP(=O)(O)OCC[N+](C)(C)C)OC(=O)[C@@H](C)CCCCCCCCCCCCC. The first kappa shape index (κ1) is 48.5. The number of quaternary nitrogens is 1. The lowest BCUT2D eigenvalue weighted by atomic mass is 10.0. The van der Waals surface area contributed by atoms with Crippen molar-refractivity contribution in [1.29, 1.82) is 0 Å². The number of nitrogens with zero attached hydrogens (tertiary/aromatic N) is 1. The quantitative estimate of drug-likeness (QED) is 0.0294. The second kappa shape index (κ2) is 33.3.